The van der Waals surface area contributed by atoms with Gasteiger partial charge in [-0.2, -0.15) is 0 Å². The average molecular weight is 413 g/mol. The molecule has 4 nitrogen and oxygen atoms in total. The molecule has 31 heavy (non-hydrogen) atoms. The first kappa shape index (κ1) is 20.9. The smallest absolute Gasteiger partial charge is 0.247 e. The van der Waals surface area contributed by atoms with E-state index in [0.717, 1.165) is 43.0 Å². The third-order valence-electron chi connectivity index (χ3n) is 5.43. The second-order valence-corrected chi connectivity index (χ2v) is 7.69. The van der Waals surface area contributed by atoms with E-state index in [9.17, 15) is 4.79 Å². The van der Waals surface area contributed by atoms with E-state index in [1.807, 2.05) is 47.4 Å². The van der Waals surface area contributed by atoms with Crippen molar-refractivity contribution in [3.05, 3.63) is 108 Å². The first-order valence-electron chi connectivity index (χ1n) is 10.8. The maximum absolute atomic E-state index is 13.1. The Balaban J connectivity index is 1.45. The van der Waals surface area contributed by atoms with E-state index >= 15 is 0 Å². The molecule has 0 spiro atoms. The molecule has 1 amide bonds. The van der Waals surface area contributed by atoms with Crippen LogP contribution in [0.2, 0.25) is 0 Å². The summed E-state index contributed by atoms with van der Waals surface area (Å²) in [5.41, 5.74) is 4.45. The van der Waals surface area contributed by atoms with Crippen LogP contribution in [0.25, 0.3) is 6.08 Å². The molecule has 1 saturated heterocycles. The van der Waals surface area contributed by atoms with E-state index in [1.54, 1.807) is 6.08 Å². The zero-order chi connectivity index (χ0) is 21.3. The zero-order valence-corrected chi connectivity index (χ0v) is 17.7. The van der Waals surface area contributed by atoms with Crippen LogP contribution in [0.1, 0.15) is 16.7 Å². The lowest BCUT2D eigenvalue weighted by atomic mass is 10.1. The van der Waals surface area contributed by atoms with Gasteiger partial charge in [-0.25, -0.2) is 0 Å². The highest BCUT2D eigenvalue weighted by molar-refractivity contribution is 5.91. The van der Waals surface area contributed by atoms with Gasteiger partial charge in [-0.3, -0.25) is 4.79 Å². The Morgan fingerprint density at radius 2 is 1.35 bits per heavy atom. The predicted molar refractivity (Wildman–Crippen MR) is 126 cm³/mol. The molecule has 0 radical (unpaired) electrons. The highest BCUT2D eigenvalue weighted by Gasteiger charge is 2.13. The third kappa shape index (κ3) is 6.06. The largest absolute Gasteiger partial charge is 0.378 e. The van der Waals surface area contributed by atoms with E-state index in [-0.39, 0.29) is 5.91 Å². The number of hydrogen-bond acceptors (Lipinski definition) is 3. The van der Waals surface area contributed by atoms with Crippen LogP contribution in [-0.2, 0) is 22.6 Å². The van der Waals surface area contributed by atoms with Gasteiger partial charge < -0.3 is 14.5 Å². The minimum Gasteiger partial charge on any atom is -0.378 e. The molecular formula is C27H28N2O2. The van der Waals surface area contributed by atoms with Gasteiger partial charge in [0, 0.05) is 37.9 Å². The molecule has 4 heteroatoms. The summed E-state index contributed by atoms with van der Waals surface area (Å²) in [6.07, 6.45) is 3.57. The van der Waals surface area contributed by atoms with E-state index < -0.39 is 0 Å². The molecular weight excluding hydrogens is 384 g/mol. The standard InChI is InChI=1S/C27H28N2O2/c30-27(16-13-23-11-14-26(15-12-23)28-17-19-31-20-18-28)29(21-24-7-3-1-4-8-24)22-25-9-5-2-6-10-25/h1-16H,17-22H2. The number of benzene rings is 3. The zero-order valence-electron chi connectivity index (χ0n) is 17.7. The molecule has 1 heterocycles. The Hall–Kier alpha value is -3.37. The molecule has 0 atom stereocenters. The Labute approximate surface area is 184 Å². The van der Waals surface area contributed by atoms with Crippen molar-refractivity contribution in [1.29, 1.82) is 0 Å². The van der Waals surface area contributed by atoms with Gasteiger partial charge >= 0.3 is 0 Å². The quantitative estimate of drug-likeness (QED) is 0.524. The molecule has 158 valence electrons. The Kier molecular flexibility index (Phi) is 7.14. The Morgan fingerprint density at radius 1 is 0.806 bits per heavy atom. The van der Waals surface area contributed by atoms with Crippen molar-refractivity contribution < 1.29 is 9.53 Å². The van der Waals surface area contributed by atoms with E-state index in [0.29, 0.717) is 13.1 Å². The number of hydrogen-bond donors (Lipinski definition) is 0. The summed E-state index contributed by atoms with van der Waals surface area (Å²) in [5.74, 6) is 0.00459. The van der Waals surface area contributed by atoms with Crippen molar-refractivity contribution in [3.8, 4) is 0 Å². The van der Waals surface area contributed by atoms with E-state index in [4.69, 9.17) is 4.74 Å². The summed E-state index contributed by atoms with van der Waals surface area (Å²) < 4.78 is 5.42. The molecule has 4 rings (SSSR count). The molecule has 0 aromatic heterocycles. The van der Waals surface area contributed by atoms with Gasteiger partial charge in [0.25, 0.3) is 0 Å². The van der Waals surface area contributed by atoms with Crippen LogP contribution in [0, 0.1) is 0 Å². The summed E-state index contributed by atoms with van der Waals surface area (Å²) in [5, 5.41) is 0. The second kappa shape index (κ2) is 10.6. The number of carbonyl (C=O) groups excluding carboxylic acids is 1. The maximum Gasteiger partial charge on any atom is 0.247 e. The lowest BCUT2D eigenvalue weighted by molar-refractivity contribution is -0.127. The van der Waals surface area contributed by atoms with Gasteiger partial charge in [-0.1, -0.05) is 72.8 Å². The fourth-order valence-electron chi connectivity index (χ4n) is 3.71. The van der Waals surface area contributed by atoms with E-state index in [2.05, 4.69) is 53.4 Å². The van der Waals surface area contributed by atoms with Gasteiger partial charge in [0.1, 0.15) is 0 Å². The van der Waals surface area contributed by atoms with Gasteiger partial charge in [-0.05, 0) is 34.9 Å². The molecule has 0 unspecified atom stereocenters. The number of rotatable bonds is 7. The Morgan fingerprint density at radius 3 is 1.90 bits per heavy atom. The monoisotopic (exact) mass is 412 g/mol. The van der Waals surface area contributed by atoms with Crippen LogP contribution in [0.4, 0.5) is 5.69 Å². The summed E-state index contributed by atoms with van der Waals surface area (Å²) in [4.78, 5) is 17.3. The molecule has 0 N–H and O–H groups in total. The molecule has 0 aliphatic carbocycles. The number of amides is 1. The third-order valence-corrected chi connectivity index (χ3v) is 5.43. The summed E-state index contributed by atoms with van der Waals surface area (Å²) >= 11 is 0. The maximum atomic E-state index is 13.1. The number of anilines is 1. The number of morpholine rings is 1. The van der Waals surface area contributed by atoms with Crippen molar-refractivity contribution in [1.82, 2.24) is 4.90 Å². The first-order valence-corrected chi connectivity index (χ1v) is 10.8. The van der Waals surface area contributed by atoms with Gasteiger partial charge in [0.15, 0.2) is 0 Å². The lowest BCUT2D eigenvalue weighted by Gasteiger charge is -2.28. The van der Waals surface area contributed by atoms with Crippen LogP contribution in [-0.4, -0.2) is 37.1 Å². The number of nitrogens with zero attached hydrogens (tertiary/aromatic N) is 2. The molecule has 1 fully saturated rings. The van der Waals surface area contributed by atoms with Crippen LogP contribution in [0.15, 0.2) is 91.0 Å². The van der Waals surface area contributed by atoms with Crippen LogP contribution >= 0.6 is 0 Å². The molecule has 3 aromatic rings. The Bertz CT molecular complexity index is 937. The van der Waals surface area contributed by atoms with Crippen molar-refractivity contribution in [2.24, 2.45) is 0 Å². The molecule has 1 aliphatic rings. The predicted octanol–water partition coefficient (Wildman–Crippen LogP) is 4.77. The molecule has 0 bridgehead atoms. The average Bonchev–Trinajstić information content (AvgIpc) is 2.84. The number of ether oxygens (including phenoxy) is 1. The fourth-order valence-corrected chi connectivity index (χ4v) is 3.71. The minimum atomic E-state index is 0.00459. The van der Waals surface area contributed by atoms with Crippen molar-refractivity contribution in [2.45, 2.75) is 13.1 Å². The molecule has 0 saturated carbocycles. The second-order valence-electron chi connectivity index (χ2n) is 7.69. The highest BCUT2D eigenvalue weighted by Crippen LogP contribution is 2.18. The normalized spacial score (nSPS) is 14.0. The van der Waals surface area contributed by atoms with Crippen molar-refractivity contribution in [3.63, 3.8) is 0 Å². The van der Waals surface area contributed by atoms with Gasteiger partial charge in [0.05, 0.1) is 13.2 Å². The first-order chi connectivity index (χ1) is 15.3. The topological polar surface area (TPSA) is 32.8 Å². The lowest BCUT2D eigenvalue weighted by Crippen LogP contribution is -2.36. The van der Waals surface area contributed by atoms with Crippen molar-refractivity contribution in [2.75, 3.05) is 31.2 Å². The number of carbonyl (C=O) groups is 1. The van der Waals surface area contributed by atoms with Crippen LogP contribution < -0.4 is 4.90 Å². The van der Waals surface area contributed by atoms with Gasteiger partial charge in [0.2, 0.25) is 5.91 Å². The summed E-state index contributed by atoms with van der Waals surface area (Å²) in [6.45, 7) is 4.54. The van der Waals surface area contributed by atoms with Gasteiger partial charge in [-0.15, -0.1) is 0 Å². The fraction of sp³-hybridized carbons (Fsp3) is 0.222. The molecule has 1 aliphatic heterocycles. The SMILES string of the molecule is O=C(C=Cc1ccc(N2CCOCC2)cc1)N(Cc1ccccc1)Cc1ccccc1. The van der Waals surface area contributed by atoms with Crippen molar-refractivity contribution >= 4 is 17.7 Å². The minimum absolute atomic E-state index is 0.00459. The van der Waals surface area contributed by atoms with E-state index in [1.165, 1.54) is 5.69 Å². The van der Waals surface area contributed by atoms with Crippen LogP contribution in [0.5, 0.6) is 0 Å². The summed E-state index contributed by atoms with van der Waals surface area (Å²) in [7, 11) is 0. The van der Waals surface area contributed by atoms with Crippen LogP contribution in [0.3, 0.4) is 0 Å². The highest BCUT2D eigenvalue weighted by atomic mass is 16.5. The molecule has 3 aromatic carbocycles. The summed E-state index contributed by atoms with van der Waals surface area (Å²) in [6, 6.07) is 28.6.